The van der Waals surface area contributed by atoms with Crippen LogP contribution in [-0.2, 0) is 0 Å². The van der Waals surface area contributed by atoms with E-state index in [0.29, 0.717) is 12.1 Å². The minimum absolute atomic E-state index is 0.215. The Balaban J connectivity index is 2.88. The first-order valence-corrected chi connectivity index (χ1v) is 6.51. The van der Waals surface area contributed by atoms with Crippen LogP contribution >= 0.6 is 11.3 Å². The molecule has 2 N–H and O–H groups in total. The highest BCUT2D eigenvalue weighted by Gasteiger charge is 2.24. The largest absolute Gasteiger partial charge is 0.326 e. The van der Waals surface area contributed by atoms with Crippen LogP contribution in [0.25, 0.3) is 0 Å². The summed E-state index contributed by atoms with van der Waals surface area (Å²) in [6.45, 7) is 6.57. The molecule has 0 saturated carbocycles. The number of rotatable bonds is 5. The maximum absolute atomic E-state index is 6.21. The molecule has 1 rings (SSSR count). The van der Waals surface area contributed by atoms with Crippen molar-refractivity contribution in [2.45, 2.75) is 45.3 Å². The van der Waals surface area contributed by atoms with Gasteiger partial charge in [-0.05, 0) is 49.7 Å². The average molecular weight is 226 g/mol. The van der Waals surface area contributed by atoms with Crippen LogP contribution in [0.2, 0.25) is 0 Å². The Labute approximate surface area is 97.1 Å². The van der Waals surface area contributed by atoms with Crippen molar-refractivity contribution in [2.75, 3.05) is 7.05 Å². The Morgan fingerprint density at radius 1 is 1.47 bits per heavy atom. The SMILES string of the molecule is CCC(N)C(c1ccsc1)N(C)C(C)C. The van der Waals surface area contributed by atoms with E-state index in [1.54, 1.807) is 11.3 Å². The van der Waals surface area contributed by atoms with Gasteiger partial charge < -0.3 is 5.73 Å². The highest BCUT2D eigenvalue weighted by Crippen LogP contribution is 2.27. The summed E-state index contributed by atoms with van der Waals surface area (Å²) in [7, 11) is 2.16. The Morgan fingerprint density at radius 3 is 2.53 bits per heavy atom. The molecule has 2 unspecified atom stereocenters. The van der Waals surface area contributed by atoms with Crippen molar-refractivity contribution in [3.8, 4) is 0 Å². The smallest absolute Gasteiger partial charge is 0.0506 e. The van der Waals surface area contributed by atoms with E-state index in [4.69, 9.17) is 5.73 Å². The van der Waals surface area contributed by atoms with Crippen molar-refractivity contribution in [3.63, 3.8) is 0 Å². The molecule has 15 heavy (non-hydrogen) atoms. The fourth-order valence-corrected chi connectivity index (χ4v) is 2.46. The third-order valence-corrected chi connectivity index (χ3v) is 3.72. The van der Waals surface area contributed by atoms with Gasteiger partial charge in [0.1, 0.15) is 0 Å². The summed E-state index contributed by atoms with van der Waals surface area (Å²) in [5, 5.41) is 4.33. The monoisotopic (exact) mass is 226 g/mol. The van der Waals surface area contributed by atoms with Crippen LogP contribution in [0.3, 0.4) is 0 Å². The predicted octanol–water partition coefficient (Wildman–Crippen LogP) is 2.87. The zero-order valence-electron chi connectivity index (χ0n) is 10.1. The lowest BCUT2D eigenvalue weighted by molar-refractivity contribution is 0.169. The van der Waals surface area contributed by atoms with Gasteiger partial charge in [-0.25, -0.2) is 0 Å². The van der Waals surface area contributed by atoms with Crippen LogP contribution in [0.4, 0.5) is 0 Å². The first-order valence-electron chi connectivity index (χ1n) is 5.57. The minimum atomic E-state index is 0.215. The third kappa shape index (κ3) is 3.03. The quantitative estimate of drug-likeness (QED) is 0.836. The second-order valence-electron chi connectivity index (χ2n) is 4.33. The van der Waals surface area contributed by atoms with Crippen molar-refractivity contribution < 1.29 is 0 Å². The topological polar surface area (TPSA) is 29.3 Å². The summed E-state index contributed by atoms with van der Waals surface area (Å²) in [5.41, 5.74) is 7.56. The van der Waals surface area contributed by atoms with Crippen molar-refractivity contribution in [1.29, 1.82) is 0 Å². The number of nitrogens with two attached hydrogens (primary N) is 1. The van der Waals surface area contributed by atoms with Crippen LogP contribution in [-0.4, -0.2) is 24.0 Å². The zero-order valence-corrected chi connectivity index (χ0v) is 10.9. The van der Waals surface area contributed by atoms with Gasteiger partial charge in [0.15, 0.2) is 0 Å². The standard InChI is InChI=1S/C12H22N2S/c1-5-11(13)12(14(4)9(2)3)10-6-7-15-8-10/h6-9,11-12H,5,13H2,1-4H3. The van der Waals surface area contributed by atoms with Gasteiger partial charge in [-0.3, -0.25) is 4.90 Å². The molecule has 0 spiro atoms. The van der Waals surface area contributed by atoms with Gasteiger partial charge in [-0.15, -0.1) is 0 Å². The lowest BCUT2D eigenvalue weighted by Crippen LogP contribution is -2.41. The summed E-state index contributed by atoms with van der Waals surface area (Å²) in [6, 6.07) is 3.27. The van der Waals surface area contributed by atoms with Gasteiger partial charge in [-0.1, -0.05) is 6.92 Å². The Bertz CT molecular complexity index is 269. The highest BCUT2D eigenvalue weighted by atomic mass is 32.1. The number of hydrogen-bond acceptors (Lipinski definition) is 3. The average Bonchev–Trinajstić information content (AvgIpc) is 2.70. The molecule has 0 aliphatic rings. The molecule has 1 heterocycles. The Morgan fingerprint density at radius 2 is 2.13 bits per heavy atom. The second-order valence-corrected chi connectivity index (χ2v) is 5.11. The molecule has 0 radical (unpaired) electrons. The van der Waals surface area contributed by atoms with E-state index in [-0.39, 0.29) is 6.04 Å². The number of hydrogen-bond donors (Lipinski definition) is 1. The molecule has 0 fully saturated rings. The molecule has 2 nitrogen and oxygen atoms in total. The van der Waals surface area contributed by atoms with Gasteiger partial charge >= 0.3 is 0 Å². The molecule has 0 saturated heterocycles. The molecular formula is C12H22N2S. The molecule has 0 aromatic carbocycles. The first kappa shape index (κ1) is 12.7. The minimum Gasteiger partial charge on any atom is -0.326 e. The molecule has 2 atom stereocenters. The molecular weight excluding hydrogens is 204 g/mol. The van der Waals surface area contributed by atoms with Crippen molar-refractivity contribution in [2.24, 2.45) is 5.73 Å². The van der Waals surface area contributed by atoms with E-state index >= 15 is 0 Å². The Kier molecular flexibility index (Phi) is 4.77. The van der Waals surface area contributed by atoms with Crippen LogP contribution in [0.15, 0.2) is 16.8 Å². The maximum Gasteiger partial charge on any atom is 0.0506 e. The molecule has 1 aromatic rings. The van der Waals surface area contributed by atoms with Crippen molar-refractivity contribution in [1.82, 2.24) is 4.90 Å². The summed E-state index contributed by atoms with van der Waals surface area (Å²) in [4.78, 5) is 2.36. The van der Waals surface area contributed by atoms with Crippen LogP contribution in [0, 0.1) is 0 Å². The van der Waals surface area contributed by atoms with Gasteiger partial charge in [-0.2, -0.15) is 11.3 Å². The molecule has 86 valence electrons. The van der Waals surface area contributed by atoms with E-state index in [2.05, 4.69) is 49.5 Å². The van der Waals surface area contributed by atoms with Gasteiger partial charge in [0.05, 0.1) is 6.04 Å². The van der Waals surface area contributed by atoms with E-state index in [1.165, 1.54) is 5.56 Å². The Hall–Kier alpha value is -0.380. The van der Waals surface area contributed by atoms with E-state index < -0.39 is 0 Å². The first-order chi connectivity index (χ1) is 7.07. The normalized spacial score (nSPS) is 15.9. The van der Waals surface area contributed by atoms with Crippen LogP contribution in [0.5, 0.6) is 0 Å². The maximum atomic E-state index is 6.21. The van der Waals surface area contributed by atoms with Crippen molar-refractivity contribution >= 4 is 11.3 Å². The van der Waals surface area contributed by atoms with E-state index in [9.17, 15) is 0 Å². The van der Waals surface area contributed by atoms with Gasteiger partial charge in [0.25, 0.3) is 0 Å². The van der Waals surface area contributed by atoms with Gasteiger partial charge in [0.2, 0.25) is 0 Å². The molecule has 0 amide bonds. The fourth-order valence-electron chi connectivity index (χ4n) is 1.77. The lowest BCUT2D eigenvalue weighted by atomic mass is 9.98. The highest BCUT2D eigenvalue weighted by molar-refractivity contribution is 7.07. The molecule has 0 aliphatic heterocycles. The van der Waals surface area contributed by atoms with E-state index in [1.807, 2.05) is 0 Å². The fraction of sp³-hybridized carbons (Fsp3) is 0.667. The number of nitrogens with zero attached hydrogens (tertiary/aromatic N) is 1. The summed E-state index contributed by atoms with van der Waals surface area (Å²) < 4.78 is 0. The van der Waals surface area contributed by atoms with Crippen molar-refractivity contribution in [3.05, 3.63) is 22.4 Å². The van der Waals surface area contributed by atoms with E-state index in [0.717, 1.165) is 6.42 Å². The summed E-state index contributed by atoms with van der Waals surface area (Å²) >= 11 is 1.74. The third-order valence-electron chi connectivity index (χ3n) is 3.01. The van der Waals surface area contributed by atoms with Gasteiger partial charge in [0, 0.05) is 12.1 Å². The molecule has 3 heteroatoms. The summed E-state index contributed by atoms with van der Waals surface area (Å²) in [6.07, 6.45) is 1.01. The lowest BCUT2D eigenvalue weighted by Gasteiger charge is -2.34. The number of thiophene rings is 1. The molecule has 1 aromatic heterocycles. The predicted molar refractivity (Wildman–Crippen MR) is 68.2 cm³/mol. The second kappa shape index (κ2) is 5.64. The zero-order chi connectivity index (χ0) is 11.4. The number of likely N-dealkylation sites (N-methyl/N-ethyl adjacent to an activating group) is 1. The summed E-state index contributed by atoms with van der Waals surface area (Å²) in [5.74, 6) is 0. The molecule has 0 bridgehead atoms. The molecule has 0 aliphatic carbocycles. The van der Waals surface area contributed by atoms with Crippen LogP contribution < -0.4 is 5.73 Å². The van der Waals surface area contributed by atoms with Crippen LogP contribution in [0.1, 0.15) is 38.8 Å².